The van der Waals surface area contributed by atoms with Gasteiger partial charge in [-0.1, -0.05) is 0 Å². The lowest BCUT2D eigenvalue weighted by Crippen LogP contribution is -2.32. The summed E-state index contributed by atoms with van der Waals surface area (Å²) in [6.45, 7) is 2.16. The quantitative estimate of drug-likeness (QED) is 0.647. The van der Waals surface area contributed by atoms with Gasteiger partial charge < -0.3 is 25.0 Å². The van der Waals surface area contributed by atoms with Crippen LogP contribution in [-0.4, -0.2) is 68.8 Å². The zero-order valence-electron chi connectivity index (χ0n) is 14.1. The van der Waals surface area contributed by atoms with Crippen LogP contribution in [0, 0.1) is 0 Å². The summed E-state index contributed by atoms with van der Waals surface area (Å²) < 4.78 is 7.47. The lowest BCUT2D eigenvalue weighted by molar-refractivity contribution is -0.137. The van der Waals surface area contributed by atoms with E-state index < -0.39 is 5.97 Å². The molecule has 1 atom stereocenters. The maximum absolute atomic E-state index is 10.6. The highest BCUT2D eigenvalue weighted by Gasteiger charge is 2.13. The molecule has 0 radical (unpaired) electrons. The third-order valence-corrected chi connectivity index (χ3v) is 3.90. The largest absolute Gasteiger partial charge is 0.481 e. The van der Waals surface area contributed by atoms with E-state index in [1.807, 2.05) is 11.6 Å². The number of anilines is 1. The van der Waals surface area contributed by atoms with Crippen LogP contribution < -0.4 is 5.73 Å². The first kappa shape index (κ1) is 18.1. The Morgan fingerprint density at radius 3 is 2.96 bits per heavy atom. The number of rotatable bonds is 10. The molecule has 0 saturated carbocycles. The van der Waals surface area contributed by atoms with Crippen molar-refractivity contribution in [2.24, 2.45) is 0 Å². The maximum Gasteiger partial charge on any atom is 0.303 e. The van der Waals surface area contributed by atoms with E-state index in [0.29, 0.717) is 29.9 Å². The molecule has 0 amide bonds. The molecule has 3 N–H and O–H groups in total. The van der Waals surface area contributed by atoms with Crippen LogP contribution >= 0.6 is 0 Å². The van der Waals surface area contributed by atoms with Crippen molar-refractivity contribution in [3.05, 3.63) is 12.7 Å². The predicted octanol–water partition coefficient (Wildman–Crippen LogP) is 0.610. The summed E-state index contributed by atoms with van der Waals surface area (Å²) in [4.78, 5) is 25.0. The lowest BCUT2D eigenvalue weighted by atomic mass is 10.2. The zero-order valence-corrected chi connectivity index (χ0v) is 14.1. The van der Waals surface area contributed by atoms with Crippen molar-refractivity contribution in [2.75, 3.05) is 33.0 Å². The second-order valence-electron chi connectivity index (χ2n) is 5.78. The van der Waals surface area contributed by atoms with Crippen molar-refractivity contribution >= 4 is 23.0 Å². The number of carbonyl (C=O) groups is 1. The Morgan fingerprint density at radius 2 is 2.25 bits per heavy atom. The number of likely N-dealkylation sites (N-methyl/N-ethyl adjacent to an activating group) is 1. The molecule has 0 aliphatic rings. The van der Waals surface area contributed by atoms with Crippen LogP contribution in [0.25, 0.3) is 11.2 Å². The summed E-state index contributed by atoms with van der Waals surface area (Å²) in [5.74, 6) is -0.389. The fourth-order valence-corrected chi connectivity index (χ4v) is 2.57. The molecule has 132 valence electrons. The maximum atomic E-state index is 10.6. The van der Waals surface area contributed by atoms with Gasteiger partial charge in [0.05, 0.1) is 12.4 Å². The van der Waals surface area contributed by atoms with Crippen molar-refractivity contribution in [1.82, 2.24) is 24.4 Å². The van der Waals surface area contributed by atoms with E-state index >= 15 is 0 Å². The van der Waals surface area contributed by atoms with Crippen molar-refractivity contribution in [3.8, 4) is 0 Å². The molecule has 24 heavy (non-hydrogen) atoms. The minimum absolute atomic E-state index is 0.0384. The first-order valence-corrected chi connectivity index (χ1v) is 7.85. The molecular weight excluding hydrogens is 312 g/mol. The lowest BCUT2D eigenvalue weighted by Gasteiger charge is -2.23. The van der Waals surface area contributed by atoms with Gasteiger partial charge in [-0.2, -0.15) is 0 Å². The summed E-state index contributed by atoms with van der Waals surface area (Å²) >= 11 is 0. The normalized spacial score (nSPS) is 12.8. The minimum atomic E-state index is -0.764. The van der Waals surface area contributed by atoms with Gasteiger partial charge in [-0.25, -0.2) is 15.0 Å². The number of methoxy groups -OCH3 is 1. The molecule has 2 aromatic rings. The van der Waals surface area contributed by atoms with Gasteiger partial charge in [-0.05, 0) is 26.4 Å². The van der Waals surface area contributed by atoms with Gasteiger partial charge in [0.25, 0.3) is 0 Å². The number of nitrogens with zero attached hydrogens (tertiary/aromatic N) is 5. The van der Waals surface area contributed by atoms with E-state index in [4.69, 9.17) is 15.6 Å². The second-order valence-corrected chi connectivity index (χ2v) is 5.78. The third kappa shape index (κ3) is 4.87. The van der Waals surface area contributed by atoms with Gasteiger partial charge in [-0.15, -0.1) is 0 Å². The van der Waals surface area contributed by atoms with Gasteiger partial charge in [0.15, 0.2) is 11.5 Å². The summed E-state index contributed by atoms with van der Waals surface area (Å²) in [5.41, 5.74) is 7.11. The number of aryl methyl sites for hydroxylation is 1. The molecule has 9 nitrogen and oxygen atoms in total. The minimum Gasteiger partial charge on any atom is -0.481 e. The molecule has 0 bridgehead atoms. The van der Waals surface area contributed by atoms with Crippen LogP contribution in [-0.2, 0) is 16.1 Å². The number of imidazole rings is 1. The topological polar surface area (TPSA) is 119 Å². The van der Waals surface area contributed by atoms with Crippen molar-refractivity contribution in [2.45, 2.75) is 31.9 Å². The van der Waals surface area contributed by atoms with E-state index in [1.54, 1.807) is 13.4 Å². The van der Waals surface area contributed by atoms with Crippen LogP contribution in [0.2, 0.25) is 0 Å². The summed E-state index contributed by atoms with van der Waals surface area (Å²) in [6, 6.07) is 0. The van der Waals surface area contributed by atoms with Crippen LogP contribution in [0.3, 0.4) is 0 Å². The third-order valence-electron chi connectivity index (χ3n) is 3.90. The molecule has 2 aromatic heterocycles. The predicted molar refractivity (Wildman–Crippen MR) is 89.5 cm³/mol. The highest BCUT2D eigenvalue weighted by Crippen LogP contribution is 2.15. The molecule has 2 rings (SSSR count). The molecule has 2 heterocycles. The van der Waals surface area contributed by atoms with Gasteiger partial charge in [-0.3, -0.25) is 4.79 Å². The molecule has 9 heteroatoms. The molecular formula is C15H24N6O3. The number of nitrogen functional groups attached to an aromatic ring is 1. The van der Waals surface area contributed by atoms with Gasteiger partial charge in [0.2, 0.25) is 0 Å². The summed E-state index contributed by atoms with van der Waals surface area (Å²) in [6.07, 6.45) is 4.78. The fourth-order valence-electron chi connectivity index (χ4n) is 2.57. The van der Waals surface area contributed by atoms with Crippen LogP contribution in [0.1, 0.15) is 19.3 Å². The number of carboxylic acids is 1. The number of aliphatic carboxylic acids is 1. The first-order chi connectivity index (χ1) is 11.5. The Bertz CT molecular complexity index is 674. The van der Waals surface area contributed by atoms with Gasteiger partial charge >= 0.3 is 5.97 Å². The van der Waals surface area contributed by atoms with E-state index in [1.165, 1.54) is 6.33 Å². The number of fused-ring (bicyclic) bond motifs is 1. The number of aromatic nitrogens is 4. The number of ether oxygens (including phenoxy) is 1. The van der Waals surface area contributed by atoms with E-state index in [2.05, 4.69) is 19.9 Å². The standard InChI is InChI=1S/C15H24N6O3/c1-20(6-3-4-12(22)23)8-11(24-2)5-7-21-10-19-13-14(16)17-9-18-15(13)21/h9-11H,3-8H2,1-2H3,(H,22,23)(H2,16,17,18). The molecule has 0 aliphatic carbocycles. The van der Waals surface area contributed by atoms with Crippen molar-refractivity contribution in [1.29, 1.82) is 0 Å². The Balaban J connectivity index is 1.86. The van der Waals surface area contributed by atoms with Crippen LogP contribution in [0.15, 0.2) is 12.7 Å². The van der Waals surface area contributed by atoms with Crippen LogP contribution in [0.5, 0.6) is 0 Å². The van der Waals surface area contributed by atoms with E-state index in [-0.39, 0.29) is 12.5 Å². The molecule has 0 aromatic carbocycles. The smallest absolute Gasteiger partial charge is 0.303 e. The average molecular weight is 336 g/mol. The van der Waals surface area contributed by atoms with E-state index in [9.17, 15) is 4.79 Å². The van der Waals surface area contributed by atoms with Crippen LogP contribution in [0.4, 0.5) is 5.82 Å². The summed E-state index contributed by atoms with van der Waals surface area (Å²) in [5, 5.41) is 8.68. The Kier molecular flexibility index (Phi) is 6.44. The Hall–Kier alpha value is -2.26. The number of hydrogen-bond acceptors (Lipinski definition) is 7. The Labute approximate surface area is 140 Å². The van der Waals surface area contributed by atoms with E-state index in [0.717, 1.165) is 19.5 Å². The molecule has 0 spiro atoms. The molecule has 0 saturated heterocycles. The Morgan fingerprint density at radius 1 is 1.46 bits per heavy atom. The highest BCUT2D eigenvalue weighted by molar-refractivity contribution is 5.81. The SMILES string of the molecule is COC(CCn1cnc2c(N)ncnc21)CN(C)CCCC(=O)O. The average Bonchev–Trinajstić information content (AvgIpc) is 2.95. The highest BCUT2D eigenvalue weighted by atomic mass is 16.5. The molecule has 0 aliphatic heterocycles. The van der Waals surface area contributed by atoms with Gasteiger partial charge in [0.1, 0.15) is 11.8 Å². The second kappa shape index (κ2) is 8.55. The monoisotopic (exact) mass is 336 g/mol. The van der Waals surface area contributed by atoms with Gasteiger partial charge in [0, 0.05) is 26.6 Å². The number of hydrogen-bond donors (Lipinski definition) is 2. The number of nitrogens with two attached hydrogens (primary N) is 1. The zero-order chi connectivity index (χ0) is 17.5. The number of carboxylic acid groups (broad SMARTS) is 1. The molecule has 0 fully saturated rings. The fraction of sp³-hybridized carbons (Fsp3) is 0.600. The first-order valence-electron chi connectivity index (χ1n) is 7.85. The van der Waals surface area contributed by atoms with Crippen molar-refractivity contribution in [3.63, 3.8) is 0 Å². The molecule has 1 unspecified atom stereocenters. The summed E-state index contributed by atoms with van der Waals surface area (Å²) in [7, 11) is 3.65. The van der Waals surface area contributed by atoms with Crippen molar-refractivity contribution < 1.29 is 14.6 Å².